The summed E-state index contributed by atoms with van der Waals surface area (Å²) in [5.74, 6) is -0.342. The van der Waals surface area contributed by atoms with Crippen molar-refractivity contribution in [1.82, 2.24) is 8.96 Å². The first-order valence-electron chi connectivity index (χ1n) is 14.2. The second-order valence-electron chi connectivity index (χ2n) is 10.6. The van der Waals surface area contributed by atoms with Gasteiger partial charge < -0.3 is 9.29 Å². The van der Waals surface area contributed by atoms with Crippen molar-refractivity contribution in [2.75, 3.05) is 7.11 Å². The lowest BCUT2D eigenvalue weighted by Crippen LogP contribution is -2.14. The first-order chi connectivity index (χ1) is 21.8. The molecule has 2 aromatic heterocycles. The van der Waals surface area contributed by atoms with Gasteiger partial charge in [-0.05, 0) is 85.0 Å². The Morgan fingerprint density at radius 3 is 2.51 bits per heavy atom. The molecule has 0 saturated heterocycles. The second-order valence-corrected chi connectivity index (χ2v) is 11.9. The van der Waals surface area contributed by atoms with Gasteiger partial charge in [-0.25, -0.2) is 13.6 Å². The van der Waals surface area contributed by atoms with Gasteiger partial charge in [-0.3, -0.25) is 4.98 Å². The minimum Gasteiger partial charge on any atom is -0.587 e. The maximum absolute atomic E-state index is 14.4. The van der Waals surface area contributed by atoms with Crippen molar-refractivity contribution in [3.05, 3.63) is 125 Å². The first-order valence-corrected chi connectivity index (χ1v) is 15.3. The van der Waals surface area contributed by atoms with Gasteiger partial charge in [-0.2, -0.15) is 9.23 Å². The highest BCUT2D eigenvalue weighted by Crippen LogP contribution is 2.44. The number of methoxy groups -OCH3 is 1. The molecule has 0 fully saturated rings. The molecule has 6 rings (SSSR count). The van der Waals surface area contributed by atoms with Crippen LogP contribution in [0.4, 0.5) is 8.78 Å². The number of pyridine rings is 1. The highest BCUT2D eigenvalue weighted by molar-refractivity contribution is 7.90. The van der Waals surface area contributed by atoms with E-state index in [4.69, 9.17) is 4.74 Å². The van der Waals surface area contributed by atoms with Crippen LogP contribution in [-0.4, -0.2) is 26.6 Å². The number of carbonyl (C=O) groups is 1. The Balaban J connectivity index is 1.62. The van der Waals surface area contributed by atoms with Crippen LogP contribution in [0.25, 0.3) is 38.9 Å². The second kappa shape index (κ2) is 12.5. The minimum absolute atomic E-state index is 0.160. The molecule has 0 N–H and O–H groups in total. The van der Waals surface area contributed by atoms with E-state index in [0.717, 1.165) is 27.7 Å². The number of alkyl halides is 2. The smallest absolute Gasteiger partial charge is 0.333 e. The van der Waals surface area contributed by atoms with E-state index in [1.54, 1.807) is 28.5 Å². The fourth-order valence-electron chi connectivity index (χ4n) is 5.84. The number of fused-ring (bicyclic) bond motifs is 1. The van der Waals surface area contributed by atoms with E-state index in [1.807, 2.05) is 55.5 Å². The summed E-state index contributed by atoms with van der Waals surface area (Å²) in [7, 11) is 1.37. The SMILES string of the molecule is COC(=O)C1=CC(C)=C(c2cccc(-c3c(-c4ccccc4C#N)c4ccncc4n3[S+]([O-])c3ccc(C(F)F)cc3)c2)CC1. The van der Waals surface area contributed by atoms with Gasteiger partial charge >= 0.3 is 5.97 Å². The van der Waals surface area contributed by atoms with E-state index in [2.05, 4.69) is 11.1 Å². The van der Waals surface area contributed by atoms with Gasteiger partial charge in [-0.1, -0.05) is 36.4 Å². The van der Waals surface area contributed by atoms with Crippen molar-refractivity contribution < 1.29 is 22.9 Å². The molecular weight excluding hydrogens is 592 g/mol. The van der Waals surface area contributed by atoms with Gasteiger partial charge in [0.15, 0.2) is 4.90 Å². The summed E-state index contributed by atoms with van der Waals surface area (Å²) >= 11 is -1.87. The summed E-state index contributed by atoms with van der Waals surface area (Å²) < 4.78 is 47.7. The Bertz CT molecular complexity index is 2040. The summed E-state index contributed by atoms with van der Waals surface area (Å²) in [4.78, 5) is 16.8. The number of nitriles is 1. The molecule has 9 heteroatoms. The van der Waals surface area contributed by atoms with Crippen LogP contribution >= 0.6 is 0 Å². The van der Waals surface area contributed by atoms with Gasteiger partial charge in [-0.15, -0.1) is 0 Å². The Morgan fingerprint density at radius 1 is 1.04 bits per heavy atom. The van der Waals surface area contributed by atoms with E-state index in [0.29, 0.717) is 51.2 Å². The molecule has 6 nitrogen and oxygen atoms in total. The molecule has 1 unspecified atom stereocenters. The molecule has 0 saturated carbocycles. The van der Waals surface area contributed by atoms with Crippen LogP contribution in [0.3, 0.4) is 0 Å². The number of hydrogen-bond acceptors (Lipinski definition) is 5. The van der Waals surface area contributed by atoms with Crippen molar-refractivity contribution in [2.45, 2.75) is 31.1 Å². The van der Waals surface area contributed by atoms with E-state index in [1.165, 1.54) is 31.4 Å². The lowest BCUT2D eigenvalue weighted by atomic mass is 9.87. The van der Waals surface area contributed by atoms with Crippen molar-refractivity contribution in [2.24, 2.45) is 0 Å². The number of nitrogens with zero attached hydrogens (tertiary/aromatic N) is 3. The number of ether oxygens (including phenoxy) is 1. The van der Waals surface area contributed by atoms with Crippen LogP contribution in [0.15, 0.2) is 113 Å². The molecule has 1 aliphatic carbocycles. The highest BCUT2D eigenvalue weighted by Gasteiger charge is 2.30. The lowest BCUT2D eigenvalue weighted by molar-refractivity contribution is -0.136. The zero-order valence-corrected chi connectivity index (χ0v) is 25.3. The van der Waals surface area contributed by atoms with Gasteiger partial charge in [0.1, 0.15) is 22.6 Å². The molecular formula is C36H27F2N3O3S. The van der Waals surface area contributed by atoms with Crippen LogP contribution in [0.2, 0.25) is 0 Å². The summed E-state index contributed by atoms with van der Waals surface area (Å²) in [5, 5.41) is 10.8. The maximum Gasteiger partial charge on any atom is 0.333 e. The quantitative estimate of drug-likeness (QED) is 0.135. The molecule has 0 radical (unpaired) electrons. The molecule has 0 aliphatic heterocycles. The number of hydrogen-bond donors (Lipinski definition) is 0. The topological polar surface area (TPSA) is 91.0 Å². The summed E-state index contributed by atoms with van der Waals surface area (Å²) in [6.07, 6.45) is 3.65. The summed E-state index contributed by atoms with van der Waals surface area (Å²) in [6.45, 7) is 1.96. The molecule has 3 aromatic carbocycles. The van der Waals surface area contributed by atoms with E-state index in [-0.39, 0.29) is 11.5 Å². The molecule has 1 atom stereocenters. The van der Waals surface area contributed by atoms with E-state index in [9.17, 15) is 23.4 Å². The Labute approximate surface area is 262 Å². The molecule has 224 valence electrons. The van der Waals surface area contributed by atoms with E-state index >= 15 is 0 Å². The molecule has 5 aromatic rings. The van der Waals surface area contributed by atoms with Crippen molar-refractivity contribution in [3.8, 4) is 28.5 Å². The van der Waals surface area contributed by atoms with Crippen LogP contribution in [0.5, 0.6) is 0 Å². The van der Waals surface area contributed by atoms with E-state index < -0.39 is 17.8 Å². The average molecular weight is 620 g/mol. The van der Waals surface area contributed by atoms with Crippen LogP contribution in [0.1, 0.15) is 42.9 Å². The zero-order valence-electron chi connectivity index (χ0n) is 24.5. The van der Waals surface area contributed by atoms with Crippen LogP contribution in [0, 0.1) is 11.3 Å². The third kappa shape index (κ3) is 5.55. The molecule has 2 heterocycles. The van der Waals surface area contributed by atoms with Crippen molar-refractivity contribution in [3.63, 3.8) is 0 Å². The number of benzene rings is 3. The maximum atomic E-state index is 14.4. The average Bonchev–Trinajstić information content (AvgIpc) is 3.42. The fraction of sp³-hybridized carbons (Fsp3) is 0.139. The molecule has 0 amide bonds. The predicted molar refractivity (Wildman–Crippen MR) is 170 cm³/mol. The van der Waals surface area contributed by atoms with Crippen LogP contribution in [-0.2, 0) is 20.9 Å². The normalized spacial score (nSPS) is 13.9. The van der Waals surface area contributed by atoms with Gasteiger partial charge in [0.05, 0.1) is 24.9 Å². The standard InChI is InChI=1S/C36H27F2N3O3S/c1-22-18-26(36(42)44-2)12-15-29(22)24-7-5-8-25(19-24)34-33(30-9-4-3-6-27(30)20-39)31-16-17-40-21-32(31)41(34)45(43)28-13-10-23(11-14-28)35(37)38/h3-11,13-14,16-19,21,35H,12,15H2,1-2H3. The molecule has 45 heavy (non-hydrogen) atoms. The van der Waals surface area contributed by atoms with Crippen LogP contribution < -0.4 is 0 Å². The predicted octanol–water partition coefficient (Wildman–Crippen LogP) is 8.42. The third-order valence-electron chi connectivity index (χ3n) is 7.99. The number of carbonyl (C=O) groups excluding carboxylic acids is 1. The highest BCUT2D eigenvalue weighted by atomic mass is 32.2. The van der Waals surface area contributed by atoms with Gasteiger partial charge in [0.2, 0.25) is 0 Å². The van der Waals surface area contributed by atoms with Crippen molar-refractivity contribution >= 4 is 33.8 Å². The Morgan fingerprint density at radius 2 is 1.80 bits per heavy atom. The molecule has 0 spiro atoms. The van der Waals surface area contributed by atoms with Crippen molar-refractivity contribution in [1.29, 1.82) is 5.26 Å². The first kappa shape index (κ1) is 30.0. The summed E-state index contributed by atoms with van der Waals surface area (Å²) in [5.41, 5.74) is 7.13. The zero-order chi connectivity index (χ0) is 31.7. The van der Waals surface area contributed by atoms with Gasteiger partial charge in [0.25, 0.3) is 6.43 Å². The fourth-order valence-corrected chi connectivity index (χ4v) is 7.11. The van der Waals surface area contributed by atoms with Gasteiger partial charge in [0, 0.05) is 39.4 Å². The number of allylic oxidation sites excluding steroid dienone is 3. The molecule has 1 aliphatic rings. The number of aromatic nitrogens is 2. The number of esters is 1. The summed E-state index contributed by atoms with van der Waals surface area (Å²) in [6, 6.07) is 24.7. The lowest BCUT2D eigenvalue weighted by Gasteiger charge is -2.19. The molecule has 0 bridgehead atoms. The third-order valence-corrected chi connectivity index (χ3v) is 9.37. The monoisotopic (exact) mass is 619 g/mol. The number of halogens is 2. The minimum atomic E-state index is -2.65. The largest absolute Gasteiger partial charge is 0.587 e. The number of rotatable bonds is 7. The Kier molecular flexibility index (Phi) is 8.35. The Hall–Kier alpha value is -5.04.